The third-order valence-corrected chi connectivity index (χ3v) is 5.06. The van der Waals surface area contributed by atoms with Crippen molar-refractivity contribution in [2.45, 2.75) is 30.8 Å². The number of nitrogens with one attached hydrogen (secondary N) is 3. The van der Waals surface area contributed by atoms with Gasteiger partial charge in [0.05, 0.1) is 17.5 Å². The van der Waals surface area contributed by atoms with Crippen LogP contribution >= 0.6 is 0 Å². The average Bonchev–Trinajstić information content (AvgIpc) is 3.11. The van der Waals surface area contributed by atoms with E-state index in [4.69, 9.17) is 4.74 Å². The summed E-state index contributed by atoms with van der Waals surface area (Å²) in [5, 5.41) is 6.27. The highest BCUT2D eigenvalue weighted by Crippen LogP contribution is 2.11. The number of nitrogens with zero attached hydrogens (tertiary/aromatic N) is 1. The van der Waals surface area contributed by atoms with Gasteiger partial charge >= 0.3 is 0 Å². The predicted octanol–water partition coefficient (Wildman–Crippen LogP) is 0.699. The van der Waals surface area contributed by atoms with Crippen LogP contribution in [0.2, 0.25) is 0 Å². The molecule has 1 aromatic carbocycles. The Kier molecular flexibility index (Phi) is 7.48. The second-order valence-corrected chi connectivity index (χ2v) is 7.26. The Hall–Kier alpha value is -1.64. The largest absolute Gasteiger partial charge is 0.376 e. The molecule has 134 valence electrons. The Morgan fingerprint density at radius 3 is 2.71 bits per heavy atom. The van der Waals surface area contributed by atoms with Gasteiger partial charge in [0.25, 0.3) is 0 Å². The lowest BCUT2D eigenvalue weighted by Gasteiger charge is -2.13. The SMILES string of the molecule is CCNC(=NCC1CCCO1)NCCNS(=O)(=O)c1ccccc1. The van der Waals surface area contributed by atoms with Crippen molar-refractivity contribution in [2.75, 3.05) is 32.8 Å². The highest BCUT2D eigenvalue weighted by atomic mass is 32.2. The first kappa shape index (κ1) is 18.7. The fraction of sp³-hybridized carbons (Fsp3) is 0.562. The molecule has 0 amide bonds. The Morgan fingerprint density at radius 2 is 2.04 bits per heavy atom. The molecule has 0 spiro atoms. The maximum absolute atomic E-state index is 12.1. The van der Waals surface area contributed by atoms with Crippen LogP contribution in [0.25, 0.3) is 0 Å². The summed E-state index contributed by atoms with van der Waals surface area (Å²) in [7, 11) is -3.47. The zero-order valence-corrected chi connectivity index (χ0v) is 14.8. The first-order valence-corrected chi connectivity index (χ1v) is 9.78. The van der Waals surface area contributed by atoms with E-state index in [2.05, 4.69) is 20.3 Å². The molecular formula is C16H26N4O3S. The summed E-state index contributed by atoms with van der Waals surface area (Å²) in [4.78, 5) is 4.75. The molecule has 7 nitrogen and oxygen atoms in total. The summed E-state index contributed by atoms with van der Waals surface area (Å²) in [6.45, 7) is 4.88. The van der Waals surface area contributed by atoms with Crippen molar-refractivity contribution in [1.82, 2.24) is 15.4 Å². The summed E-state index contributed by atoms with van der Waals surface area (Å²) >= 11 is 0. The third kappa shape index (κ3) is 6.10. The maximum atomic E-state index is 12.1. The van der Waals surface area contributed by atoms with E-state index in [1.54, 1.807) is 30.3 Å². The highest BCUT2D eigenvalue weighted by molar-refractivity contribution is 7.89. The lowest BCUT2D eigenvalue weighted by atomic mass is 10.2. The molecule has 24 heavy (non-hydrogen) atoms. The molecule has 3 N–H and O–H groups in total. The Bertz CT molecular complexity index is 613. The maximum Gasteiger partial charge on any atom is 0.240 e. The second-order valence-electron chi connectivity index (χ2n) is 5.49. The van der Waals surface area contributed by atoms with E-state index in [1.165, 1.54) is 0 Å². The highest BCUT2D eigenvalue weighted by Gasteiger charge is 2.15. The van der Waals surface area contributed by atoms with Crippen LogP contribution < -0.4 is 15.4 Å². The van der Waals surface area contributed by atoms with Crippen molar-refractivity contribution in [3.63, 3.8) is 0 Å². The van der Waals surface area contributed by atoms with Gasteiger partial charge in [0, 0.05) is 26.2 Å². The molecule has 0 saturated carbocycles. The molecule has 1 atom stereocenters. The van der Waals surface area contributed by atoms with Gasteiger partial charge in [-0.25, -0.2) is 13.1 Å². The van der Waals surface area contributed by atoms with Gasteiger partial charge in [-0.15, -0.1) is 0 Å². The Morgan fingerprint density at radius 1 is 1.25 bits per heavy atom. The molecule has 0 aromatic heterocycles. The Labute approximate surface area is 143 Å². The minimum absolute atomic E-state index is 0.192. The Balaban J connectivity index is 1.76. The molecule has 1 saturated heterocycles. The van der Waals surface area contributed by atoms with Gasteiger partial charge in [-0.1, -0.05) is 18.2 Å². The summed E-state index contributed by atoms with van der Waals surface area (Å²) in [5.41, 5.74) is 0. The molecule has 1 heterocycles. The van der Waals surface area contributed by atoms with Crippen molar-refractivity contribution in [2.24, 2.45) is 4.99 Å². The van der Waals surface area contributed by atoms with E-state index >= 15 is 0 Å². The number of benzene rings is 1. The zero-order valence-electron chi connectivity index (χ0n) is 14.0. The van der Waals surface area contributed by atoms with Crippen LogP contribution in [0.15, 0.2) is 40.2 Å². The van der Waals surface area contributed by atoms with Gasteiger partial charge < -0.3 is 15.4 Å². The number of aliphatic imine (C=N–C) groups is 1. The van der Waals surface area contributed by atoms with E-state index in [9.17, 15) is 8.42 Å². The summed E-state index contributed by atoms with van der Waals surface area (Å²) < 4.78 is 32.3. The molecule has 0 bridgehead atoms. The van der Waals surface area contributed by atoms with Crippen molar-refractivity contribution in [3.8, 4) is 0 Å². The smallest absolute Gasteiger partial charge is 0.240 e. The number of rotatable bonds is 8. The fourth-order valence-corrected chi connectivity index (χ4v) is 3.43. The number of hydrogen-bond donors (Lipinski definition) is 3. The number of hydrogen-bond acceptors (Lipinski definition) is 4. The summed E-state index contributed by atoms with van der Waals surface area (Å²) in [6.07, 6.45) is 2.32. The zero-order chi connectivity index (χ0) is 17.3. The van der Waals surface area contributed by atoms with Gasteiger partial charge in [-0.05, 0) is 31.9 Å². The molecule has 2 rings (SSSR count). The monoisotopic (exact) mass is 354 g/mol. The lowest BCUT2D eigenvalue weighted by molar-refractivity contribution is 0.117. The molecule has 1 aromatic rings. The van der Waals surface area contributed by atoms with Gasteiger partial charge in [-0.2, -0.15) is 0 Å². The van der Waals surface area contributed by atoms with Gasteiger partial charge in [0.2, 0.25) is 10.0 Å². The van der Waals surface area contributed by atoms with Crippen LogP contribution in [0.4, 0.5) is 0 Å². The first-order chi connectivity index (χ1) is 11.6. The van der Waals surface area contributed by atoms with Crippen LogP contribution in [0.1, 0.15) is 19.8 Å². The minimum atomic E-state index is -3.47. The molecule has 0 radical (unpaired) electrons. The number of ether oxygens (including phenoxy) is 1. The topological polar surface area (TPSA) is 91.8 Å². The van der Waals surface area contributed by atoms with E-state index in [0.717, 1.165) is 26.0 Å². The molecule has 8 heteroatoms. The van der Waals surface area contributed by atoms with Crippen LogP contribution in [-0.4, -0.2) is 53.3 Å². The van der Waals surface area contributed by atoms with E-state index in [-0.39, 0.29) is 17.5 Å². The van der Waals surface area contributed by atoms with Crippen molar-refractivity contribution in [1.29, 1.82) is 0 Å². The van der Waals surface area contributed by atoms with Crippen LogP contribution in [0.5, 0.6) is 0 Å². The molecule has 0 aliphatic carbocycles. The third-order valence-electron chi connectivity index (χ3n) is 3.58. The lowest BCUT2D eigenvalue weighted by Crippen LogP contribution is -2.41. The second kappa shape index (κ2) is 9.61. The number of guanidine groups is 1. The fourth-order valence-electron chi connectivity index (χ4n) is 2.37. The predicted molar refractivity (Wildman–Crippen MR) is 94.6 cm³/mol. The van der Waals surface area contributed by atoms with Gasteiger partial charge in [0.1, 0.15) is 0 Å². The quantitative estimate of drug-likeness (QED) is 0.363. The van der Waals surface area contributed by atoms with Crippen LogP contribution in [-0.2, 0) is 14.8 Å². The molecule has 1 unspecified atom stereocenters. The minimum Gasteiger partial charge on any atom is -0.376 e. The first-order valence-electron chi connectivity index (χ1n) is 8.30. The van der Waals surface area contributed by atoms with Crippen molar-refractivity contribution < 1.29 is 13.2 Å². The standard InChI is InChI=1S/C16H26N4O3S/c1-2-17-16(19-13-14-7-6-12-23-14)18-10-11-20-24(21,22)15-8-4-3-5-9-15/h3-5,8-9,14,20H,2,6-7,10-13H2,1H3,(H2,17,18,19). The molecule has 1 fully saturated rings. The van der Waals surface area contributed by atoms with Crippen molar-refractivity contribution >= 4 is 16.0 Å². The molecule has 1 aliphatic rings. The number of sulfonamides is 1. The molecule has 1 aliphatic heterocycles. The summed E-state index contributed by atoms with van der Waals surface area (Å²) in [5.74, 6) is 0.673. The van der Waals surface area contributed by atoms with Gasteiger partial charge in [0.15, 0.2) is 5.96 Å². The van der Waals surface area contributed by atoms with Crippen LogP contribution in [0, 0.1) is 0 Å². The van der Waals surface area contributed by atoms with E-state index in [0.29, 0.717) is 19.0 Å². The molecular weight excluding hydrogens is 328 g/mol. The van der Waals surface area contributed by atoms with E-state index < -0.39 is 10.0 Å². The van der Waals surface area contributed by atoms with Gasteiger partial charge in [-0.3, -0.25) is 4.99 Å². The van der Waals surface area contributed by atoms with E-state index in [1.807, 2.05) is 6.92 Å². The normalized spacial score (nSPS) is 18.5. The van der Waals surface area contributed by atoms with Crippen LogP contribution in [0.3, 0.4) is 0 Å². The van der Waals surface area contributed by atoms with Crippen molar-refractivity contribution in [3.05, 3.63) is 30.3 Å². The summed E-state index contributed by atoms with van der Waals surface area (Å²) in [6, 6.07) is 8.33. The average molecular weight is 354 g/mol.